The zero-order valence-electron chi connectivity index (χ0n) is 12.9. The Morgan fingerprint density at radius 1 is 1.09 bits per heavy atom. The van der Waals surface area contributed by atoms with Crippen molar-refractivity contribution in [2.45, 2.75) is 13.8 Å². The number of hydrogen-bond donors (Lipinski definition) is 2. The standard InChI is InChI=1S/C17H17ClN2O3/c1-3-23-17(22)19-14-7-4-12(5-8-14)16(21)20-15-9-6-13(18)10-11(15)2/h4-10H,3H2,1-2H3,(H,19,22)(H,20,21). The predicted molar refractivity (Wildman–Crippen MR) is 91.2 cm³/mol. The van der Waals surface area contributed by atoms with Gasteiger partial charge in [-0.1, -0.05) is 11.6 Å². The van der Waals surface area contributed by atoms with Crippen LogP contribution in [0.15, 0.2) is 42.5 Å². The Hall–Kier alpha value is -2.53. The van der Waals surface area contributed by atoms with Gasteiger partial charge in [-0.15, -0.1) is 0 Å². The molecule has 0 saturated heterocycles. The van der Waals surface area contributed by atoms with Crippen molar-refractivity contribution in [3.8, 4) is 0 Å². The van der Waals surface area contributed by atoms with Gasteiger partial charge < -0.3 is 10.1 Å². The van der Waals surface area contributed by atoms with Crippen molar-refractivity contribution < 1.29 is 14.3 Å². The highest BCUT2D eigenvalue weighted by Crippen LogP contribution is 2.20. The van der Waals surface area contributed by atoms with Crippen molar-refractivity contribution in [3.63, 3.8) is 0 Å². The molecule has 0 aromatic heterocycles. The lowest BCUT2D eigenvalue weighted by atomic mass is 10.1. The Kier molecular flexibility index (Phi) is 5.60. The van der Waals surface area contributed by atoms with Crippen LogP contribution in [0.3, 0.4) is 0 Å². The van der Waals surface area contributed by atoms with Gasteiger partial charge in [0.05, 0.1) is 6.61 Å². The van der Waals surface area contributed by atoms with Gasteiger partial charge in [-0.2, -0.15) is 0 Å². The lowest BCUT2D eigenvalue weighted by molar-refractivity contribution is 0.102. The molecular weight excluding hydrogens is 316 g/mol. The van der Waals surface area contributed by atoms with Gasteiger partial charge in [0, 0.05) is 22.0 Å². The summed E-state index contributed by atoms with van der Waals surface area (Å²) >= 11 is 5.89. The summed E-state index contributed by atoms with van der Waals surface area (Å²) in [7, 11) is 0. The van der Waals surface area contributed by atoms with Gasteiger partial charge in [-0.25, -0.2) is 4.79 Å². The van der Waals surface area contributed by atoms with Crippen molar-refractivity contribution >= 4 is 35.0 Å². The van der Waals surface area contributed by atoms with Crippen LogP contribution in [-0.2, 0) is 4.74 Å². The number of rotatable bonds is 4. The first kappa shape index (κ1) is 16.8. The third-order valence-electron chi connectivity index (χ3n) is 3.11. The molecule has 120 valence electrons. The summed E-state index contributed by atoms with van der Waals surface area (Å²) in [5.74, 6) is -0.238. The Morgan fingerprint density at radius 2 is 1.78 bits per heavy atom. The molecule has 0 spiro atoms. The number of carbonyl (C=O) groups is 2. The van der Waals surface area contributed by atoms with E-state index in [0.29, 0.717) is 28.6 Å². The molecule has 0 unspecified atom stereocenters. The molecule has 0 fully saturated rings. The van der Waals surface area contributed by atoms with E-state index in [1.807, 2.05) is 6.92 Å². The zero-order valence-corrected chi connectivity index (χ0v) is 13.6. The molecule has 2 amide bonds. The molecule has 0 aliphatic carbocycles. The summed E-state index contributed by atoms with van der Waals surface area (Å²) in [4.78, 5) is 23.5. The molecule has 0 aliphatic rings. The smallest absolute Gasteiger partial charge is 0.411 e. The monoisotopic (exact) mass is 332 g/mol. The number of aryl methyl sites for hydroxylation is 1. The molecule has 5 nitrogen and oxygen atoms in total. The third kappa shape index (κ3) is 4.72. The second-order valence-corrected chi connectivity index (χ2v) is 5.27. The Labute approximate surface area is 139 Å². The largest absolute Gasteiger partial charge is 0.450 e. The molecule has 2 aromatic carbocycles. The van der Waals surface area contributed by atoms with Crippen LogP contribution in [0.2, 0.25) is 5.02 Å². The minimum absolute atomic E-state index is 0.238. The number of amides is 2. The molecule has 2 N–H and O–H groups in total. The van der Waals surface area contributed by atoms with Crippen LogP contribution in [0, 0.1) is 6.92 Å². The molecule has 0 aliphatic heterocycles. The first-order chi connectivity index (χ1) is 11.0. The number of hydrogen-bond acceptors (Lipinski definition) is 3. The summed E-state index contributed by atoms with van der Waals surface area (Å²) in [6, 6.07) is 11.8. The molecule has 23 heavy (non-hydrogen) atoms. The van der Waals surface area contributed by atoms with Crippen molar-refractivity contribution in [2.24, 2.45) is 0 Å². The number of ether oxygens (including phenoxy) is 1. The highest BCUT2D eigenvalue weighted by atomic mass is 35.5. The fraction of sp³-hybridized carbons (Fsp3) is 0.176. The van der Waals surface area contributed by atoms with Crippen LogP contribution < -0.4 is 10.6 Å². The van der Waals surface area contributed by atoms with E-state index in [2.05, 4.69) is 10.6 Å². The van der Waals surface area contributed by atoms with E-state index in [0.717, 1.165) is 5.56 Å². The maximum atomic E-state index is 12.2. The molecule has 2 aromatic rings. The summed E-state index contributed by atoms with van der Waals surface area (Å²) in [6.07, 6.45) is -0.526. The average molecular weight is 333 g/mol. The van der Waals surface area contributed by atoms with Gasteiger partial charge >= 0.3 is 6.09 Å². The first-order valence-electron chi connectivity index (χ1n) is 7.11. The normalized spacial score (nSPS) is 10.0. The lowest BCUT2D eigenvalue weighted by Crippen LogP contribution is -2.14. The Bertz CT molecular complexity index is 714. The molecular formula is C17H17ClN2O3. The number of halogens is 1. The number of nitrogens with one attached hydrogen (secondary N) is 2. The molecule has 0 saturated carbocycles. The number of carbonyl (C=O) groups excluding carboxylic acids is 2. The number of benzene rings is 2. The van der Waals surface area contributed by atoms with Gasteiger partial charge in [-0.3, -0.25) is 10.1 Å². The topological polar surface area (TPSA) is 67.4 Å². The minimum Gasteiger partial charge on any atom is -0.450 e. The van der Waals surface area contributed by atoms with E-state index in [1.165, 1.54) is 0 Å². The molecule has 0 radical (unpaired) electrons. The number of anilines is 2. The summed E-state index contributed by atoms with van der Waals surface area (Å²) in [6.45, 7) is 3.90. The van der Waals surface area contributed by atoms with Gasteiger partial charge in [0.25, 0.3) is 5.91 Å². The van der Waals surface area contributed by atoms with Crippen LogP contribution in [0.1, 0.15) is 22.8 Å². The van der Waals surface area contributed by atoms with Gasteiger partial charge in [0.2, 0.25) is 0 Å². The SMILES string of the molecule is CCOC(=O)Nc1ccc(C(=O)Nc2ccc(Cl)cc2C)cc1. The predicted octanol–water partition coefficient (Wildman–Crippen LogP) is 4.47. The summed E-state index contributed by atoms with van der Waals surface area (Å²) in [5.41, 5.74) is 2.62. The van der Waals surface area contributed by atoms with E-state index >= 15 is 0 Å². The molecule has 0 bridgehead atoms. The van der Waals surface area contributed by atoms with E-state index in [1.54, 1.807) is 49.4 Å². The third-order valence-corrected chi connectivity index (χ3v) is 3.34. The maximum absolute atomic E-state index is 12.2. The van der Waals surface area contributed by atoms with Gasteiger partial charge in [-0.05, 0) is 61.9 Å². The van der Waals surface area contributed by atoms with Gasteiger partial charge in [0.1, 0.15) is 0 Å². The Morgan fingerprint density at radius 3 is 2.39 bits per heavy atom. The second kappa shape index (κ2) is 7.65. The summed E-state index contributed by atoms with van der Waals surface area (Å²) in [5, 5.41) is 6.01. The van der Waals surface area contributed by atoms with Gasteiger partial charge in [0.15, 0.2) is 0 Å². The first-order valence-corrected chi connectivity index (χ1v) is 7.48. The fourth-order valence-electron chi connectivity index (χ4n) is 1.95. The van der Waals surface area contributed by atoms with Crippen LogP contribution in [-0.4, -0.2) is 18.6 Å². The van der Waals surface area contributed by atoms with E-state index in [-0.39, 0.29) is 5.91 Å². The minimum atomic E-state index is -0.526. The van der Waals surface area contributed by atoms with E-state index < -0.39 is 6.09 Å². The maximum Gasteiger partial charge on any atom is 0.411 e. The van der Waals surface area contributed by atoms with Crippen LogP contribution >= 0.6 is 11.6 Å². The average Bonchev–Trinajstić information content (AvgIpc) is 2.51. The zero-order chi connectivity index (χ0) is 16.8. The van der Waals surface area contributed by atoms with Crippen molar-refractivity contribution in [2.75, 3.05) is 17.2 Å². The molecule has 2 rings (SSSR count). The van der Waals surface area contributed by atoms with Crippen LogP contribution in [0.5, 0.6) is 0 Å². The summed E-state index contributed by atoms with van der Waals surface area (Å²) < 4.78 is 4.79. The lowest BCUT2D eigenvalue weighted by Gasteiger charge is -2.09. The Balaban J connectivity index is 2.04. The van der Waals surface area contributed by atoms with Crippen LogP contribution in [0.25, 0.3) is 0 Å². The quantitative estimate of drug-likeness (QED) is 0.868. The van der Waals surface area contributed by atoms with Crippen molar-refractivity contribution in [1.82, 2.24) is 0 Å². The van der Waals surface area contributed by atoms with E-state index in [4.69, 9.17) is 16.3 Å². The molecule has 0 atom stereocenters. The molecule has 0 heterocycles. The second-order valence-electron chi connectivity index (χ2n) is 4.84. The van der Waals surface area contributed by atoms with Crippen molar-refractivity contribution in [1.29, 1.82) is 0 Å². The highest BCUT2D eigenvalue weighted by molar-refractivity contribution is 6.30. The molecule has 6 heteroatoms. The highest BCUT2D eigenvalue weighted by Gasteiger charge is 2.09. The van der Waals surface area contributed by atoms with E-state index in [9.17, 15) is 9.59 Å². The van der Waals surface area contributed by atoms with Crippen molar-refractivity contribution in [3.05, 3.63) is 58.6 Å². The fourth-order valence-corrected chi connectivity index (χ4v) is 2.18. The van der Waals surface area contributed by atoms with Crippen LogP contribution in [0.4, 0.5) is 16.2 Å².